The van der Waals surface area contributed by atoms with Crippen molar-refractivity contribution >= 4 is 29.1 Å². The first-order valence-electron chi connectivity index (χ1n) is 4.85. The summed E-state index contributed by atoms with van der Waals surface area (Å²) in [5.41, 5.74) is 0.0340. The van der Waals surface area contributed by atoms with Gasteiger partial charge in [-0.15, -0.1) is 0 Å². The van der Waals surface area contributed by atoms with E-state index in [1.807, 2.05) is 0 Å². The number of hydrogen-bond donors (Lipinski definition) is 1. The molecule has 2 aromatic rings. The van der Waals surface area contributed by atoms with Crippen molar-refractivity contribution in [2.45, 2.75) is 12.7 Å². The Labute approximate surface area is 110 Å². The maximum absolute atomic E-state index is 12.3. The minimum Gasteiger partial charge on any atom is -0.363 e. The van der Waals surface area contributed by atoms with Gasteiger partial charge in [-0.1, -0.05) is 23.7 Å². The molecule has 8 heteroatoms. The number of anilines is 1. The third kappa shape index (κ3) is 3.11. The smallest absolute Gasteiger partial charge is 0.363 e. The van der Waals surface area contributed by atoms with E-state index in [9.17, 15) is 13.2 Å². The molecular weight excluding hydrogens is 287 g/mol. The number of alkyl halides is 3. The van der Waals surface area contributed by atoms with Crippen molar-refractivity contribution in [2.24, 2.45) is 0 Å². The lowest BCUT2D eigenvalue weighted by atomic mass is 10.1. The fraction of sp³-hybridized carbons (Fsp3) is 0.200. The van der Waals surface area contributed by atoms with E-state index in [1.165, 1.54) is 12.1 Å². The van der Waals surface area contributed by atoms with E-state index in [4.69, 9.17) is 11.6 Å². The van der Waals surface area contributed by atoms with E-state index in [0.29, 0.717) is 17.9 Å². The van der Waals surface area contributed by atoms with Crippen LogP contribution in [0.3, 0.4) is 0 Å². The fourth-order valence-electron chi connectivity index (χ4n) is 1.28. The fourth-order valence-corrected chi connectivity index (χ4v) is 1.96. The zero-order valence-electron chi connectivity index (χ0n) is 8.83. The number of rotatable bonds is 3. The Morgan fingerprint density at radius 1 is 1.17 bits per heavy atom. The molecule has 1 N–H and O–H groups in total. The first-order chi connectivity index (χ1) is 8.47. The van der Waals surface area contributed by atoms with E-state index in [1.54, 1.807) is 0 Å². The molecule has 0 saturated heterocycles. The lowest BCUT2D eigenvalue weighted by Crippen LogP contribution is -2.05. The molecule has 0 aliphatic heterocycles. The predicted molar refractivity (Wildman–Crippen MR) is 63.7 cm³/mol. The van der Waals surface area contributed by atoms with Crippen molar-refractivity contribution in [3.63, 3.8) is 0 Å². The molecule has 0 fully saturated rings. The highest BCUT2D eigenvalue weighted by Crippen LogP contribution is 2.29. The van der Waals surface area contributed by atoms with E-state index >= 15 is 0 Å². The Balaban J connectivity index is 2.01. The van der Waals surface area contributed by atoms with Gasteiger partial charge in [0, 0.05) is 6.54 Å². The second kappa shape index (κ2) is 5.11. The van der Waals surface area contributed by atoms with Crippen LogP contribution in [0.1, 0.15) is 11.1 Å². The van der Waals surface area contributed by atoms with Crippen molar-refractivity contribution in [3.05, 3.63) is 40.5 Å². The van der Waals surface area contributed by atoms with Crippen LogP contribution in [0.5, 0.6) is 0 Å². The molecule has 18 heavy (non-hydrogen) atoms. The molecule has 2 rings (SSSR count). The summed E-state index contributed by atoms with van der Waals surface area (Å²) < 4.78 is 44.7. The van der Waals surface area contributed by atoms with E-state index in [-0.39, 0.29) is 5.15 Å². The van der Waals surface area contributed by atoms with Crippen LogP contribution in [0.2, 0.25) is 5.15 Å². The highest BCUT2D eigenvalue weighted by molar-refractivity contribution is 6.99. The molecule has 3 nitrogen and oxygen atoms in total. The van der Waals surface area contributed by atoms with Gasteiger partial charge in [-0.2, -0.15) is 21.9 Å². The Morgan fingerprint density at radius 3 is 2.33 bits per heavy atom. The molecule has 0 spiro atoms. The van der Waals surface area contributed by atoms with Crippen LogP contribution in [0.15, 0.2) is 24.3 Å². The average Bonchev–Trinajstić information content (AvgIpc) is 2.72. The minimum absolute atomic E-state index is 0.256. The van der Waals surface area contributed by atoms with Gasteiger partial charge in [0.2, 0.25) is 0 Å². The molecule has 0 aliphatic rings. The number of hydrogen-bond acceptors (Lipinski definition) is 4. The van der Waals surface area contributed by atoms with E-state index < -0.39 is 11.7 Å². The summed E-state index contributed by atoms with van der Waals surface area (Å²) in [5.74, 6) is 0.432. The van der Waals surface area contributed by atoms with Gasteiger partial charge in [0.05, 0.1) is 17.3 Å². The molecule has 0 saturated carbocycles. The molecule has 0 unspecified atom stereocenters. The van der Waals surface area contributed by atoms with Gasteiger partial charge in [0.25, 0.3) is 0 Å². The third-order valence-electron chi connectivity index (χ3n) is 2.19. The maximum Gasteiger partial charge on any atom is 0.416 e. The number of benzene rings is 1. The normalized spacial score (nSPS) is 11.6. The topological polar surface area (TPSA) is 37.8 Å². The van der Waals surface area contributed by atoms with Gasteiger partial charge < -0.3 is 5.32 Å². The second-order valence-electron chi connectivity index (χ2n) is 3.45. The first-order valence-corrected chi connectivity index (χ1v) is 5.96. The molecule has 0 atom stereocenters. The second-order valence-corrected chi connectivity index (χ2v) is 4.34. The molecule has 0 bridgehead atoms. The Morgan fingerprint density at radius 2 is 1.83 bits per heavy atom. The van der Waals surface area contributed by atoms with Crippen LogP contribution in [-0.2, 0) is 12.7 Å². The number of aromatic nitrogens is 2. The quantitative estimate of drug-likeness (QED) is 0.935. The zero-order chi connectivity index (χ0) is 13.2. The highest BCUT2D eigenvalue weighted by Gasteiger charge is 2.29. The molecule has 1 aromatic heterocycles. The SMILES string of the molecule is FC(F)(F)c1ccc(CNc2nsnc2Cl)cc1. The van der Waals surface area contributed by atoms with Crippen LogP contribution >= 0.6 is 23.3 Å². The molecule has 1 aromatic carbocycles. The Bertz CT molecular complexity index is 524. The summed E-state index contributed by atoms with van der Waals surface area (Å²) in [6, 6.07) is 4.89. The monoisotopic (exact) mass is 293 g/mol. The lowest BCUT2D eigenvalue weighted by Gasteiger charge is -2.08. The van der Waals surface area contributed by atoms with Gasteiger partial charge in [-0.05, 0) is 17.7 Å². The summed E-state index contributed by atoms with van der Waals surface area (Å²) >= 11 is 6.68. The van der Waals surface area contributed by atoms with Crippen molar-refractivity contribution in [2.75, 3.05) is 5.32 Å². The van der Waals surface area contributed by atoms with Gasteiger partial charge in [-0.25, -0.2) is 0 Å². The van der Waals surface area contributed by atoms with Gasteiger partial charge in [0.15, 0.2) is 11.0 Å². The molecule has 0 aliphatic carbocycles. The largest absolute Gasteiger partial charge is 0.416 e. The molecule has 0 radical (unpaired) electrons. The van der Waals surface area contributed by atoms with Gasteiger partial charge in [-0.3, -0.25) is 0 Å². The van der Waals surface area contributed by atoms with Crippen molar-refractivity contribution in [1.82, 2.24) is 8.75 Å². The standard InChI is InChI=1S/C10H7ClF3N3S/c11-8-9(17-18-16-8)15-5-6-1-3-7(4-2-6)10(12,13)14/h1-4H,5H2,(H,15,17). The van der Waals surface area contributed by atoms with Crippen LogP contribution in [0.25, 0.3) is 0 Å². The van der Waals surface area contributed by atoms with Crippen LogP contribution in [-0.4, -0.2) is 8.75 Å². The Hall–Kier alpha value is -1.34. The van der Waals surface area contributed by atoms with Crippen LogP contribution in [0, 0.1) is 0 Å². The first kappa shape index (κ1) is 13.1. The summed E-state index contributed by atoms with van der Waals surface area (Å²) in [6.45, 7) is 0.337. The third-order valence-corrected chi connectivity index (χ3v) is 3.08. The summed E-state index contributed by atoms with van der Waals surface area (Å²) in [6.07, 6.45) is -4.31. The summed E-state index contributed by atoms with van der Waals surface area (Å²) in [4.78, 5) is 0. The molecular formula is C10H7ClF3N3S. The van der Waals surface area contributed by atoms with E-state index in [2.05, 4.69) is 14.1 Å². The Kier molecular flexibility index (Phi) is 3.72. The molecule has 96 valence electrons. The molecule has 0 amide bonds. The summed E-state index contributed by atoms with van der Waals surface area (Å²) in [5, 5.41) is 3.15. The zero-order valence-corrected chi connectivity index (χ0v) is 10.4. The maximum atomic E-state index is 12.3. The van der Waals surface area contributed by atoms with E-state index in [0.717, 1.165) is 23.9 Å². The number of halogens is 4. The van der Waals surface area contributed by atoms with Crippen LogP contribution in [0.4, 0.5) is 19.0 Å². The van der Waals surface area contributed by atoms with Crippen molar-refractivity contribution in [3.8, 4) is 0 Å². The average molecular weight is 294 g/mol. The van der Waals surface area contributed by atoms with Crippen LogP contribution < -0.4 is 5.32 Å². The minimum atomic E-state index is -4.31. The predicted octanol–water partition coefficient (Wildman–Crippen LogP) is 3.82. The van der Waals surface area contributed by atoms with Crippen molar-refractivity contribution < 1.29 is 13.2 Å². The number of nitrogens with one attached hydrogen (secondary N) is 1. The number of nitrogens with zero attached hydrogens (tertiary/aromatic N) is 2. The van der Waals surface area contributed by atoms with Gasteiger partial charge >= 0.3 is 6.18 Å². The highest BCUT2D eigenvalue weighted by atomic mass is 35.5. The molecule has 1 heterocycles. The van der Waals surface area contributed by atoms with Gasteiger partial charge in [0.1, 0.15) is 0 Å². The lowest BCUT2D eigenvalue weighted by molar-refractivity contribution is -0.137. The summed E-state index contributed by atoms with van der Waals surface area (Å²) in [7, 11) is 0. The van der Waals surface area contributed by atoms with Crippen molar-refractivity contribution in [1.29, 1.82) is 0 Å².